The quantitative estimate of drug-likeness (QED) is 0.716. The van der Waals surface area contributed by atoms with E-state index >= 15 is 0 Å². The van der Waals surface area contributed by atoms with Crippen LogP contribution in [0.2, 0.25) is 0 Å². The van der Waals surface area contributed by atoms with Gasteiger partial charge in [0.25, 0.3) is 0 Å². The second kappa shape index (κ2) is 3.73. The molecule has 1 heterocycles. The van der Waals surface area contributed by atoms with E-state index in [4.69, 9.17) is 4.74 Å². The molecule has 3 fully saturated rings. The highest BCUT2D eigenvalue weighted by atomic mass is 16.5. The van der Waals surface area contributed by atoms with Crippen LogP contribution >= 0.6 is 0 Å². The summed E-state index contributed by atoms with van der Waals surface area (Å²) in [6, 6.07) is 0. The van der Waals surface area contributed by atoms with Crippen LogP contribution in [0, 0.1) is 22.7 Å². The lowest BCUT2D eigenvalue weighted by molar-refractivity contribution is -0.178. The molecule has 0 bridgehead atoms. The summed E-state index contributed by atoms with van der Waals surface area (Å²) in [7, 11) is 0. The Morgan fingerprint density at radius 3 is 2.39 bits per heavy atom. The predicted octanol–water partition coefficient (Wildman–Crippen LogP) is 3.38. The lowest BCUT2D eigenvalue weighted by Crippen LogP contribution is -2.59. The molecule has 0 aromatic rings. The minimum atomic E-state index is -0.123. The van der Waals surface area contributed by atoms with Crippen LogP contribution in [0.1, 0.15) is 59.8 Å². The molecular formula is C16H28O2. The van der Waals surface area contributed by atoms with E-state index in [9.17, 15) is 5.11 Å². The van der Waals surface area contributed by atoms with E-state index in [1.807, 2.05) is 0 Å². The average molecular weight is 252 g/mol. The maximum absolute atomic E-state index is 10.4. The van der Waals surface area contributed by atoms with E-state index in [0.717, 1.165) is 13.0 Å². The van der Waals surface area contributed by atoms with Crippen LogP contribution in [-0.4, -0.2) is 23.4 Å². The number of fused-ring (bicyclic) bond motifs is 3. The van der Waals surface area contributed by atoms with Crippen molar-refractivity contribution in [2.24, 2.45) is 22.7 Å². The van der Waals surface area contributed by atoms with Gasteiger partial charge in [-0.2, -0.15) is 0 Å². The first-order valence-corrected chi connectivity index (χ1v) is 7.63. The van der Waals surface area contributed by atoms with Gasteiger partial charge in [-0.05, 0) is 61.7 Å². The fourth-order valence-corrected chi connectivity index (χ4v) is 5.72. The summed E-state index contributed by atoms with van der Waals surface area (Å²) in [5, 5.41) is 10.4. The molecule has 3 rings (SSSR count). The van der Waals surface area contributed by atoms with Crippen molar-refractivity contribution in [2.75, 3.05) is 6.61 Å². The fraction of sp³-hybridized carbons (Fsp3) is 1.00. The molecule has 3 aliphatic rings. The van der Waals surface area contributed by atoms with Gasteiger partial charge < -0.3 is 9.84 Å². The third kappa shape index (κ3) is 1.48. The van der Waals surface area contributed by atoms with Gasteiger partial charge >= 0.3 is 0 Å². The van der Waals surface area contributed by atoms with Crippen LogP contribution < -0.4 is 0 Å². The summed E-state index contributed by atoms with van der Waals surface area (Å²) < 4.78 is 6.09. The van der Waals surface area contributed by atoms with Crippen LogP contribution in [0.15, 0.2) is 0 Å². The van der Waals surface area contributed by atoms with Gasteiger partial charge in [-0.15, -0.1) is 0 Å². The SMILES string of the molecule is CC1(C)[C@@H](O)CC[C@@]2(C)[C@H]1CC[C@@]1(C)OCC[C@@H]21. The number of rotatable bonds is 0. The summed E-state index contributed by atoms with van der Waals surface area (Å²) in [5.41, 5.74) is 0.548. The maximum atomic E-state index is 10.4. The topological polar surface area (TPSA) is 29.5 Å². The number of aliphatic hydroxyl groups excluding tert-OH is 1. The molecule has 2 saturated carbocycles. The van der Waals surface area contributed by atoms with E-state index in [0.29, 0.717) is 17.3 Å². The van der Waals surface area contributed by atoms with Gasteiger partial charge in [-0.25, -0.2) is 0 Å². The van der Waals surface area contributed by atoms with E-state index in [-0.39, 0.29) is 17.1 Å². The standard InChI is InChI=1S/C16H28O2/c1-14(2)11-5-9-16(4)12(7-10-18-16)15(11,3)8-6-13(14)17/h11-13,17H,5-10H2,1-4H3/t11-,12-,13-,15-,16+/m0/s1. The molecule has 2 aliphatic carbocycles. The van der Waals surface area contributed by atoms with Crippen LogP contribution in [0.5, 0.6) is 0 Å². The monoisotopic (exact) mass is 252 g/mol. The van der Waals surface area contributed by atoms with Crippen molar-refractivity contribution in [1.29, 1.82) is 0 Å². The smallest absolute Gasteiger partial charge is 0.0688 e. The van der Waals surface area contributed by atoms with Gasteiger partial charge in [0.05, 0.1) is 11.7 Å². The largest absolute Gasteiger partial charge is 0.393 e. The molecule has 0 aromatic heterocycles. The Morgan fingerprint density at radius 1 is 0.944 bits per heavy atom. The highest BCUT2D eigenvalue weighted by molar-refractivity contribution is 5.11. The van der Waals surface area contributed by atoms with Crippen molar-refractivity contribution in [2.45, 2.75) is 71.5 Å². The third-order valence-corrected chi connectivity index (χ3v) is 6.81. The molecule has 5 atom stereocenters. The lowest BCUT2D eigenvalue weighted by atomic mass is 9.45. The third-order valence-electron chi connectivity index (χ3n) is 6.81. The highest BCUT2D eigenvalue weighted by Gasteiger charge is 2.62. The number of ether oxygens (including phenoxy) is 1. The normalized spacial score (nSPS) is 54.8. The molecule has 2 heteroatoms. The minimum absolute atomic E-state index is 0.0664. The number of hydrogen-bond donors (Lipinski definition) is 1. The van der Waals surface area contributed by atoms with Crippen LogP contribution in [0.4, 0.5) is 0 Å². The molecule has 0 unspecified atom stereocenters. The molecule has 18 heavy (non-hydrogen) atoms. The number of aliphatic hydroxyl groups is 1. The van der Waals surface area contributed by atoms with Gasteiger partial charge in [-0.1, -0.05) is 20.8 Å². The molecule has 0 spiro atoms. The molecule has 0 radical (unpaired) electrons. The Balaban J connectivity index is 1.98. The van der Waals surface area contributed by atoms with Crippen LogP contribution in [0.3, 0.4) is 0 Å². The summed E-state index contributed by atoms with van der Waals surface area (Å²) in [6.07, 6.45) is 5.62. The molecule has 1 N–H and O–H groups in total. The Labute approximate surface area is 111 Å². The van der Waals surface area contributed by atoms with Crippen molar-refractivity contribution in [3.63, 3.8) is 0 Å². The molecular weight excluding hydrogens is 224 g/mol. The number of hydrogen-bond acceptors (Lipinski definition) is 2. The Hall–Kier alpha value is -0.0800. The van der Waals surface area contributed by atoms with Crippen molar-refractivity contribution in [1.82, 2.24) is 0 Å². The zero-order valence-electron chi connectivity index (χ0n) is 12.3. The second-order valence-electron chi connectivity index (χ2n) is 7.98. The van der Waals surface area contributed by atoms with Crippen molar-refractivity contribution in [3.8, 4) is 0 Å². The Kier molecular flexibility index (Phi) is 2.68. The summed E-state index contributed by atoms with van der Waals surface area (Å²) >= 11 is 0. The zero-order valence-corrected chi connectivity index (χ0v) is 12.3. The maximum Gasteiger partial charge on any atom is 0.0688 e. The first-order chi connectivity index (χ1) is 8.31. The first kappa shape index (κ1) is 12.9. The summed E-state index contributed by atoms with van der Waals surface area (Å²) in [6.45, 7) is 10.3. The molecule has 1 saturated heterocycles. The second-order valence-corrected chi connectivity index (χ2v) is 7.98. The molecule has 0 amide bonds. The molecule has 1 aliphatic heterocycles. The van der Waals surface area contributed by atoms with E-state index in [1.54, 1.807) is 0 Å². The van der Waals surface area contributed by atoms with E-state index in [1.165, 1.54) is 25.7 Å². The van der Waals surface area contributed by atoms with Crippen molar-refractivity contribution >= 4 is 0 Å². The summed E-state index contributed by atoms with van der Waals surface area (Å²) in [5.74, 6) is 1.34. The first-order valence-electron chi connectivity index (χ1n) is 7.63. The molecule has 104 valence electrons. The molecule has 0 aromatic carbocycles. The van der Waals surface area contributed by atoms with Crippen molar-refractivity contribution in [3.05, 3.63) is 0 Å². The van der Waals surface area contributed by atoms with Gasteiger partial charge in [0, 0.05) is 6.61 Å². The fourth-order valence-electron chi connectivity index (χ4n) is 5.72. The van der Waals surface area contributed by atoms with Crippen LogP contribution in [0.25, 0.3) is 0 Å². The van der Waals surface area contributed by atoms with E-state index < -0.39 is 0 Å². The predicted molar refractivity (Wildman–Crippen MR) is 72.3 cm³/mol. The highest BCUT2D eigenvalue weighted by Crippen LogP contribution is 2.64. The van der Waals surface area contributed by atoms with Crippen LogP contribution in [-0.2, 0) is 4.74 Å². The van der Waals surface area contributed by atoms with Crippen molar-refractivity contribution < 1.29 is 9.84 Å². The Bertz CT molecular complexity index is 351. The lowest BCUT2D eigenvalue weighted by Gasteiger charge is -2.61. The zero-order chi connectivity index (χ0) is 13.2. The Morgan fingerprint density at radius 2 is 1.67 bits per heavy atom. The molecule has 2 nitrogen and oxygen atoms in total. The van der Waals surface area contributed by atoms with Gasteiger partial charge in [0.2, 0.25) is 0 Å². The summed E-state index contributed by atoms with van der Waals surface area (Å²) in [4.78, 5) is 0. The van der Waals surface area contributed by atoms with E-state index in [2.05, 4.69) is 27.7 Å². The van der Waals surface area contributed by atoms with Gasteiger partial charge in [-0.3, -0.25) is 0 Å². The minimum Gasteiger partial charge on any atom is -0.393 e. The van der Waals surface area contributed by atoms with Gasteiger partial charge in [0.1, 0.15) is 0 Å². The average Bonchev–Trinajstić information content (AvgIpc) is 2.68. The van der Waals surface area contributed by atoms with Gasteiger partial charge in [0.15, 0.2) is 0 Å².